The highest BCUT2D eigenvalue weighted by Crippen LogP contribution is 2.36. The Hall–Kier alpha value is -3.32. The standard InChI is InChI=1S/C31H39ClN4O3/c1-5-36-28(18-27(33-36)23(2)3)30(38)35-16-10-15-31(21-35,22-39-26-14-9-13-25(32)17-26)19-29(37)34(4)20-24-11-7-6-8-12-24/h6-9,11-14,17-18,23H,5,10,15-16,19-22H2,1-4H3/t31-/m1/s1. The van der Waals surface area contributed by atoms with Crippen molar-refractivity contribution in [3.8, 4) is 5.75 Å². The summed E-state index contributed by atoms with van der Waals surface area (Å²) in [6.45, 7) is 8.68. The number of hydrogen-bond acceptors (Lipinski definition) is 4. The Morgan fingerprint density at radius 2 is 1.90 bits per heavy atom. The van der Waals surface area contributed by atoms with Crippen molar-refractivity contribution in [2.45, 2.75) is 59.0 Å². The van der Waals surface area contributed by atoms with Crippen molar-refractivity contribution in [2.75, 3.05) is 26.7 Å². The fraction of sp³-hybridized carbons (Fsp3) is 0.452. The number of halogens is 1. The van der Waals surface area contributed by atoms with Crippen LogP contribution in [0.1, 0.15) is 67.7 Å². The van der Waals surface area contributed by atoms with E-state index in [0.29, 0.717) is 49.3 Å². The molecule has 4 rings (SSSR count). The van der Waals surface area contributed by atoms with Crippen molar-refractivity contribution >= 4 is 23.4 Å². The zero-order chi connectivity index (χ0) is 28.0. The number of nitrogens with zero attached hydrogens (tertiary/aromatic N) is 4. The molecule has 1 aromatic heterocycles. The van der Waals surface area contributed by atoms with Gasteiger partial charge in [0, 0.05) is 50.1 Å². The minimum atomic E-state index is -0.532. The van der Waals surface area contributed by atoms with E-state index >= 15 is 0 Å². The van der Waals surface area contributed by atoms with Crippen LogP contribution in [-0.2, 0) is 17.9 Å². The van der Waals surface area contributed by atoms with Crippen LogP contribution in [0.5, 0.6) is 5.75 Å². The van der Waals surface area contributed by atoms with Crippen molar-refractivity contribution < 1.29 is 14.3 Å². The van der Waals surface area contributed by atoms with Gasteiger partial charge >= 0.3 is 0 Å². The average molecular weight is 551 g/mol. The van der Waals surface area contributed by atoms with E-state index in [1.807, 2.05) is 67.4 Å². The highest BCUT2D eigenvalue weighted by atomic mass is 35.5. The van der Waals surface area contributed by atoms with Gasteiger partial charge in [0.1, 0.15) is 11.4 Å². The Labute approximate surface area is 236 Å². The fourth-order valence-electron chi connectivity index (χ4n) is 5.18. The Morgan fingerprint density at radius 1 is 1.13 bits per heavy atom. The summed E-state index contributed by atoms with van der Waals surface area (Å²) in [7, 11) is 1.83. The highest BCUT2D eigenvalue weighted by molar-refractivity contribution is 6.30. The van der Waals surface area contributed by atoms with Crippen LogP contribution >= 0.6 is 11.6 Å². The van der Waals surface area contributed by atoms with Crippen molar-refractivity contribution in [1.29, 1.82) is 0 Å². The zero-order valence-electron chi connectivity index (χ0n) is 23.4. The molecule has 0 saturated carbocycles. The van der Waals surface area contributed by atoms with Crippen LogP contribution in [-0.4, -0.2) is 58.1 Å². The number of aromatic nitrogens is 2. The molecule has 1 saturated heterocycles. The molecule has 208 valence electrons. The summed E-state index contributed by atoms with van der Waals surface area (Å²) in [5, 5.41) is 5.24. The van der Waals surface area contributed by atoms with Gasteiger partial charge in [-0.05, 0) is 55.5 Å². The molecule has 2 amide bonds. The van der Waals surface area contributed by atoms with E-state index in [0.717, 1.165) is 24.1 Å². The van der Waals surface area contributed by atoms with Crippen molar-refractivity contribution in [2.24, 2.45) is 5.41 Å². The predicted octanol–water partition coefficient (Wildman–Crippen LogP) is 6.03. The molecule has 8 heteroatoms. The molecule has 2 aromatic carbocycles. The topological polar surface area (TPSA) is 67.7 Å². The second-order valence-corrected chi connectivity index (χ2v) is 11.3. The number of rotatable bonds is 10. The molecule has 7 nitrogen and oxygen atoms in total. The molecule has 1 aliphatic heterocycles. The molecule has 0 radical (unpaired) electrons. The van der Waals surface area contributed by atoms with Crippen LogP contribution in [0.3, 0.4) is 0 Å². The predicted molar refractivity (Wildman–Crippen MR) is 154 cm³/mol. The van der Waals surface area contributed by atoms with Crippen molar-refractivity contribution in [3.63, 3.8) is 0 Å². The molecule has 39 heavy (non-hydrogen) atoms. The number of carbonyl (C=O) groups is 2. The third-order valence-corrected chi connectivity index (χ3v) is 7.65. The minimum Gasteiger partial charge on any atom is -0.493 e. The summed E-state index contributed by atoms with van der Waals surface area (Å²) in [5.74, 6) is 0.867. The van der Waals surface area contributed by atoms with Gasteiger partial charge in [-0.15, -0.1) is 0 Å². The lowest BCUT2D eigenvalue weighted by molar-refractivity contribution is -0.134. The summed E-state index contributed by atoms with van der Waals surface area (Å²) >= 11 is 6.19. The smallest absolute Gasteiger partial charge is 0.272 e. The maximum atomic E-state index is 13.8. The number of likely N-dealkylation sites (tertiary alicyclic amines) is 1. The Kier molecular flexibility index (Phi) is 9.33. The van der Waals surface area contributed by atoms with Gasteiger partial charge in [-0.3, -0.25) is 14.3 Å². The Bertz CT molecular complexity index is 1280. The molecule has 1 atom stereocenters. The van der Waals surface area contributed by atoms with E-state index in [1.165, 1.54) is 0 Å². The molecule has 0 spiro atoms. The second kappa shape index (κ2) is 12.7. The molecular weight excluding hydrogens is 512 g/mol. The molecule has 1 fully saturated rings. The van der Waals surface area contributed by atoms with Crippen LogP contribution in [0.25, 0.3) is 0 Å². The maximum absolute atomic E-state index is 13.8. The highest BCUT2D eigenvalue weighted by Gasteiger charge is 2.41. The normalized spacial score (nSPS) is 17.3. The molecule has 0 aliphatic carbocycles. The number of piperidine rings is 1. The van der Waals surface area contributed by atoms with E-state index in [4.69, 9.17) is 16.3 Å². The van der Waals surface area contributed by atoms with Gasteiger partial charge in [0.2, 0.25) is 5.91 Å². The van der Waals surface area contributed by atoms with E-state index in [1.54, 1.807) is 21.7 Å². The van der Waals surface area contributed by atoms with E-state index < -0.39 is 5.41 Å². The van der Waals surface area contributed by atoms with Crippen LogP contribution in [0, 0.1) is 5.41 Å². The van der Waals surface area contributed by atoms with E-state index in [2.05, 4.69) is 18.9 Å². The number of amides is 2. The Morgan fingerprint density at radius 3 is 2.59 bits per heavy atom. The van der Waals surface area contributed by atoms with Crippen LogP contribution in [0.4, 0.5) is 0 Å². The first-order chi connectivity index (χ1) is 18.7. The number of benzene rings is 2. The minimum absolute atomic E-state index is 0.0311. The zero-order valence-corrected chi connectivity index (χ0v) is 24.2. The first kappa shape index (κ1) is 28.7. The summed E-state index contributed by atoms with van der Waals surface area (Å²) in [4.78, 5) is 31.0. The van der Waals surface area contributed by atoms with Gasteiger partial charge < -0.3 is 14.5 Å². The van der Waals surface area contributed by atoms with Gasteiger partial charge in [0.25, 0.3) is 5.91 Å². The number of ether oxygens (including phenoxy) is 1. The number of aryl methyl sites for hydroxylation is 1. The average Bonchev–Trinajstić information content (AvgIpc) is 3.37. The van der Waals surface area contributed by atoms with Gasteiger partial charge in [-0.25, -0.2) is 0 Å². The van der Waals surface area contributed by atoms with Crippen LogP contribution in [0.2, 0.25) is 5.02 Å². The quantitative estimate of drug-likeness (QED) is 0.309. The number of hydrogen-bond donors (Lipinski definition) is 0. The van der Waals surface area contributed by atoms with Gasteiger partial charge in [-0.2, -0.15) is 5.10 Å². The fourth-order valence-corrected chi connectivity index (χ4v) is 5.36. The lowest BCUT2D eigenvalue weighted by Crippen LogP contribution is -2.51. The third kappa shape index (κ3) is 7.21. The number of carbonyl (C=O) groups excluding carboxylic acids is 2. The van der Waals surface area contributed by atoms with Crippen LogP contribution < -0.4 is 4.74 Å². The Balaban J connectivity index is 1.56. The largest absolute Gasteiger partial charge is 0.493 e. The van der Waals surface area contributed by atoms with Gasteiger partial charge in [0.05, 0.1) is 12.3 Å². The molecule has 0 N–H and O–H groups in total. The van der Waals surface area contributed by atoms with E-state index in [9.17, 15) is 9.59 Å². The SMILES string of the molecule is CCn1nc(C(C)C)cc1C(=O)N1CCC[C@@](COc2cccc(Cl)c2)(CC(=O)N(C)Cc2ccccc2)C1. The van der Waals surface area contributed by atoms with Gasteiger partial charge in [0.15, 0.2) is 0 Å². The lowest BCUT2D eigenvalue weighted by atomic mass is 9.77. The van der Waals surface area contributed by atoms with E-state index in [-0.39, 0.29) is 24.2 Å². The summed E-state index contributed by atoms with van der Waals surface area (Å²) in [6, 6.07) is 19.2. The van der Waals surface area contributed by atoms with Crippen molar-refractivity contribution in [3.05, 3.63) is 82.6 Å². The first-order valence-electron chi connectivity index (χ1n) is 13.7. The summed E-state index contributed by atoms with van der Waals surface area (Å²) in [5.41, 5.74) is 2.05. The summed E-state index contributed by atoms with van der Waals surface area (Å²) < 4.78 is 8.02. The summed E-state index contributed by atoms with van der Waals surface area (Å²) in [6.07, 6.45) is 1.86. The molecular formula is C31H39ClN4O3. The van der Waals surface area contributed by atoms with Crippen LogP contribution in [0.15, 0.2) is 60.7 Å². The second-order valence-electron chi connectivity index (χ2n) is 10.9. The monoisotopic (exact) mass is 550 g/mol. The molecule has 0 unspecified atom stereocenters. The van der Waals surface area contributed by atoms with Crippen molar-refractivity contribution in [1.82, 2.24) is 19.6 Å². The maximum Gasteiger partial charge on any atom is 0.272 e. The molecule has 3 aromatic rings. The molecule has 0 bridgehead atoms. The third-order valence-electron chi connectivity index (χ3n) is 7.41. The first-order valence-corrected chi connectivity index (χ1v) is 14.1. The van der Waals surface area contributed by atoms with Gasteiger partial charge in [-0.1, -0.05) is 61.8 Å². The lowest BCUT2D eigenvalue weighted by Gasteiger charge is -2.42. The molecule has 1 aliphatic rings. The molecule has 2 heterocycles.